The van der Waals surface area contributed by atoms with Crippen molar-refractivity contribution >= 4 is 0 Å². The zero-order valence-electron chi connectivity index (χ0n) is 7.84. The van der Waals surface area contributed by atoms with Crippen molar-refractivity contribution in [2.75, 3.05) is 6.54 Å². The Balaban J connectivity index is 1.99. The van der Waals surface area contributed by atoms with Crippen LogP contribution in [0.2, 0.25) is 0 Å². The largest absolute Gasteiger partial charge is 0.308 e. The first-order valence-electron chi connectivity index (χ1n) is 4.85. The molecule has 1 fully saturated rings. The summed E-state index contributed by atoms with van der Waals surface area (Å²) < 4.78 is 27.0. The van der Waals surface area contributed by atoms with Gasteiger partial charge in [0.2, 0.25) is 0 Å². The van der Waals surface area contributed by atoms with Gasteiger partial charge in [-0.2, -0.15) is 8.78 Å². The van der Waals surface area contributed by atoms with Gasteiger partial charge in [0.25, 0.3) is 5.92 Å². The molecule has 0 heterocycles. The molecule has 0 saturated heterocycles. The van der Waals surface area contributed by atoms with Crippen LogP contribution >= 0.6 is 0 Å². The van der Waals surface area contributed by atoms with Crippen molar-refractivity contribution in [3.05, 3.63) is 35.9 Å². The summed E-state index contributed by atoms with van der Waals surface area (Å²) in [6.07, 6.45) is 2.07. The lowest BCUT2D eigenvalue weighted by atomic mass is 10.1. The average Bonchev–Trinajstić information content (AvgIpc) is 3.00. The molecule has 0 aromatic heterocycles. The number of hydrogen-bond acceptors (Lipinski definition) is 1. The van der Waals surface area contributed by atoms with Crippen LogP contribution in [0.5, 0.6) is 0 Å². The normalized spacial score (nSPS) is 17.0. The van der Waals surface area contributed by atoms with Gasteiger partial charge in [-0.25, -0.2) is 0 Å². The highest BCUT2D eigenvalue weighted by Crippen LogP contribution is 2.28. The van der Waals surface area contributed by atoms with Crippen molar-refractivity contribution in [2.24, 2.45) is 0 Å². The smallest absolute Gasteiger partial charge is 0.285 e. The van der Waals surface area contributed by atoms with Crippen molar-refractivity contribution in [3.63, 3.8) is 0 Å². The van der Waals surface area contributed by atoms with Crippen LogP contribution in [-0.4, -0.2) is 12.6 Å². The summed E-state index contributed by atoms with van der Waals surface area (Å²) in [4.78, 5) is 0. The first-order valence-corrected chi connectivity index (χ1v) is 4.85. The Morgan fingerprint density at radius 1 is 1.21 bits per heavy atom. The molecule has 0 amide bonds. The van der Waals surface area contributed by atoms with Crippen LogP contribution in [-0.2, 0) is 5.92 Å². The molecular weight excluding hydrogens is 184 g/mol. The number of benzene rings is 1. The second-order valence-electron chi connectivity index (χ2n) is 3.73. The number of hydrogen-bond donors (Lipinski definition) is 1. The molecule has 1 aliphatic carbocycles. The lowest BCUT2D eigenvalue weighted by Crippen LogP contribution is -2.31. The van der Waals surface area contributed by atoms with Crippen molar-refractivity contribution in [1.29, 1.82) is 0 Å². The number of nitrogens with one attached hydrogen (secondary N) is 1. The molecule has 76 valence electrons. The van der Waals surface area contributed by atoms with E-state index in [0.29, 0.717) is 6.04 Å². The van der Waals surface area contributed by atoms with Gasteiger partial charge in [0.15, 0.2) is 0 Å². The van der Waals surface area contributed by atoms with Gasteiger partial charge in [0, 0.05) is 11.6 Å². The maximum absolute atomic E-state index is 13.5. The molecular formula is C11H13F2N. The van der Waals surface area contributed by atoms with E-state index >= 15 is 0 Å². The maximum Gasteiger partial charge on any atom is 0.285 e. The van der Waals surface area contributed by atoms with Gasteiger partial charge in [-0.3, -0.25) is 0 Å². The van der Waals surface area contributed by atoms with E-state index in [-0.39, 0.29) is 12.1 Å². The Labute approximate surface area is 82.1 Å². The third-order valence-corrected chi connectivity index (χ3v) is 2.39. The van der Waals surface area contributed by atoms with E-state index in [1.807, 2.05) is 0 Å². The molecule has 3 heteroatoms. The third-order valence-electron chi connectivity index (χ3n) is 2.39. The minimum Gasteiger partial charge on any atom is -0.308 e. The van der Waals surface area contributed by atoms with Crippen LogP contribution in [0.3, 0.4) is 0 Å². The molecule has 0 unspecified atom stereocenters. The van der Waals surface area contributed by atoms with Crippen LogP contribution in [0.4, 0.5) is 8.78 Å². The van der Waals surface area contributed by atoms with E-state index < -0.39 is 5.92 Å². The number of alkyl halides is 2. The molecule has 1 saturated carbocycles. The van der Waals surface area contributed by atoms with Crippen molar-refractivity contribution in [1.82, 2.24) is 5.32 Å². The van der Waals surface area contributed by atoms with Crippen LogP contribution in [0.15, 0.2) is 30.3 Å². The molecule has 1 N–H and O–H groups in total. The summed E-state index contributed by atoms with van der Waals surface area (Å²) >= 11 is 0. The van der Waals surface area contributed by atoms with Crippen molar-refractivity contribution < 1.29 is 8.78 Å². The maximum atomic E-state index is 13.5. The molecule has 1 nitrogen and oxygen atoms in total. The monoisotopic (exact) mass is 197 g/mol. The van der Waals surface area contributed by atoms with Gasteiger partial charge in [-0.15, -0.1) is 0 Å². The van der Waals surface area contributed by atoms with Crippen molar-refractivity contribution in [3.8, 4) is 0 Å². The molecule has 1 aromatic rings. The van der Waals surface area contributed by atoms with Crippen LogP contribution in [0.25, 0.3) is 0 Å². The lowest BCUT2D eigenvalue weighted by Gasteiger charge is -2.17. The highest BCUT2D eigenvalue weighted by molar-refractivity contribution is 5.20. The molecule has 0 spiro atoms. The summed E-state index contributed by atoms with van der Waals surface area (Å²) in [7, 11) is 0. The molecule has 1 aliphatic rings. The van der Waals surface area contributed by atoms with E-state index in [1.54, 1.807) is 18.2 Å². The molecule has 0 atom stereocenters. The second-order valence-corrected chi connectivity index (χ2v) is 3.73. The Morgan fingerprint density at radius 2 is 1.86 bits per heavy atom. The first kappa shape index (κ1) is 9.59. The second kappa shape index (κ2) is 3.65. The predicted molar refractivity (Wildman–Crippen MR) is 51.4 cm³/mol. The zero-order chi connectivity index (χ0) is 10.0. The topological polar surface area (TPSA) is 12.0 Å². The number of rotatable bonds is 4. The van der Waals surface area contributed by atoms with Gasteiger partial charge >= 0.3 is 0 Å². The summed E-state index contributed by atoms with van der Waals surface area (Å²) in [5, 5.41) is 2.85. The summed E-state index contributed by atoms with van der Waals surface area (Å²) in [6, 6.07) is 8.28. The third kappa shape index (κ3) is 2.29. The van der Waals surface area contributed by atoms with Gasteiger partial charge in [0.05, 0.1) is 6.54 Å². The fourth-order valence-corrected chi connectivity index (χ4v) is 1.34. The predicted octanol–water partition coefficient (Wildman–Crippen LogP) is 2.53. The SMILES string of the molecule is FC(F)(CNC1CC1)c1ccccc1. The van der Waals surface area contributed by atoms with Crippen LogP contribution in [0, 0.1) is 0 Å². The minimum atomic E-state index is -2.75. The molecule has 14 heavy (non-hydrogen) atoms. The molecule has 0 radical (unpaired) electrons. The Hall–Kier alpha value is -0.960. The highest BCUT2D eigenvalue weighted by Gasteiger charge is 2.33. The van der Waals surface area contributed by atoms with Gasteiger partial charge in [0.1, 0.15) is 0 Å². The first-order chi connectivity index (χ1) is 6.68. The quantitative estimate of drug-likeness (QED) is 0.782. The molecule has 0 bridgehead atoms. The van der Waals surface area contributed by atoms with Crippen LogP contribution in [0.1, 0.15) is 18.4 Å². The summed E-state index contributed by atoms with van der Waals surface area (Å²) in [5.41, 5.74) is 0.0909. The molecule has 2 rings (SSSR count). The highest BCUT2D eigenvalue weighted by atomic mass is 19.3. The average molecular weight is 197 g/mol. The summed E-state index contributed by atoms with van der Waals surface area (Å²) in [6.45, 7) is -0.248. The molecule has 1 aromatic carbocycles. The molecule has 0 aliphatic heterocycles. The van der Waals surface area contributed by atoms with Crippen LogP contribution < -0.4 is 5.32 Å². The Bertz CT molecular complexity index is 293. The standard InChI is InChI=1S/C11H13F2N/c12-11(13,8-14-10-6-7-10)9-4-2-1-3-5-9/h1-5,10,14H,6-8H2. The van der Waals surface area contributed by atoms with E-state index in [1.165, 1.54) is 12.1 Å². The van der Waals surface area contributed by atoms with E-state index in [2.05, 4.69) is 5.32 Å². The van der Waals surface area contributed by atoms with E-state index in [4.69, 9.17) is 0 Å². The van der Waals surface area contributed by atoms with Gasteiger partial charge < -0.3 is 5.32 Å². The van der Waals surface area contributed by atoms with Gasteiger partial charge in [-0.1, -0.05) is 30.3 Å². The zero-order valence-corrected chi connectivity index (χ0v) is 7.84. The van der Waals surface area contributed by atoms with E-state index in [9.17, 15) is 8.78 Å². The Kier molecular flexibility index (Phi) is 2.50. The lowest BCUT2D eigenvalue weighted by molar-refractivity contribution is -0.00348. The van der Waals surface area contributed by atoms with Gasteiger partial charge in [-0.05, 0) is 12.8 Å². The summed E-state index contributed by atoms with van der Waals surface area (Å²) in [5.74, 6) is -2.75. The number of halogens is 2. The van der Waals surface area contributed by atoms with Crippen molar-refractivity contribution in [2.45, 2.75) is 24.8 Å². The fourth-order valence-electron chi connectivity index (χ4n) is 1.34. The van der Waals surface area contributed by atoms with E-state index in [0.717, 1.165) is 12.8 Å². The minimum absolute atomic E-state index is 0.0909. The Morgan fingerprint density at radius 3 is 2.43 bits per heavy atom. The fraction of sp³-hybridized carbons (Fsp3) is 0.455.